The van der Waals surface area contributed by atoms with Gasteiger partial charge in [-0.25, -0.2) is 0 Å². The van der Waals surface area contributed by atoms with Crippen molar-refractivity contribution in [3.05, 3.63) is 24.3 Å². The normalized spacial score (nSPS) is 9.54. The topological polar surface area (TPSA) is 15.6 Å². The third-order valence-corrected chi connectivity index (χ3v) is 1.71. The molecule has 0 aliphatic carbocycles. The maximum absolute atomic E-state index is 4.46. The maximum atomic E-state index is 4.46. The molecule has 1 aromatic rings. The van der Waals surface area contributed by atoms with Crippen LogP contribution < -0.4 is 4.90 Å². The molecule has 0 atom stereocenters. The summed E-state index contributed by atoms with van der Waals surface area (Å²) in [5, 5.41) is 0. The highest BCUT2D eigenvalue weighted by Gasteiger charge is 2.00. The van der Waals surface area contributed by atoms with Crippen LogP contribution in [0.1, 0.15) is 13.8 Å². The number of para-hydroxylation sites is 2. The van der Waals surface area contributed by atoms with Crippen molar-refractivity contribution in [1.82, 2.24) is 0 Å². The second kappa shape index (κ2) is 4.08. The van der Waals surface area contributed by atoms with E-state index in [4.69, 9.17) is 0 Å². The predicted octanol–water partition coefficient (Wildman–Crippen LogP) is 2.86. The monoisotopic (exact) mass is 176 g/mol. The summed E-state index contributed by atoms with van der Waals surface area (Å²) in [6.07, 6.45) is 0. The Bertz CT molecular complexity index is 310. The van der Waals surface area contributed by atoms with Crippen molar-refractivity contribution in [2.24, 2.45) is 4.99 Å². The van der Waals surface area contributed by atoms with E-state index in [9.17, 15) is 0 Å². The molecule has 0 spiro atoms. The Kier molecular flexibility index (Phi) is 3.07. The third kappa shape index (κ3) is 2.58. The van der Waals surface area contributed by atoms with Crippen molar-refractivity contribution in [2.75, 3.05) is 19.0 Å². The van der Waals surface area contributed by atoms with Crippen LogP contribution in [0.4, 0.5) is 11.4 Å². The Hall–Kier alpha value is -1.31. The Labute approximate surface area is 79.9 Å². The van der Waals surface area contributed by atoms with Crippen LogP contribution in [0.2, 0.25) is 0 Å². The largest absolute Gasteiger partial charge is 0.376 e. The molecule has 1 aromatic carbocycles. The van der Waals surface area contributed by atoms with Crippen LogP contribution in [0.15, 0.2) is 29.3 Å². The Morgan fingerprint density at radius 1 is 1.15 bits per heavy atom. The van der Waals surface area contributed by atoms with Crippen molar-refractivity contribution in [3.63, 3.8) is 0 Å². The molecule has 0 amide bonds. The van der Waals surface area contributed by atoms with E-state index >= 15 is 0 Å². The van der Waals surface area contributed by atoms with Crippen LogP contribution in [0, 0.1) is 0 Å². The minimum Gasteiger partial charge on any atom is -0.376 e. The average Bonchev–Trinajstić information content (AvgIpc) is 2.03. The highest BCUT2D eigenvalue weighted by atomic mass is 15.1. The van der Waals surface area contributed by atoms with Crippen LogP contribution in [0.25, 0.3) is 0 Å². The first kappa shape index (κ1) is 9.78. The molecule has 2 nitrogen and oxygen atoms in total. The van der Waals surface area contributed by atoms with Crippen LogP contribution in [0.3, 0.4) is 0 Å². The molecule has 1 rings (SSSR count). The fourth-order valence-electron chi connectivity index (χ4n) is 1.18. The summed E-state index contributed by atoms with van der Waals surface area (Å²) in [6, 6.07) is 8.14. The molecule has 0 saturated heterocycles. The summed E-state index contributed by atoms with van der Waals surface area (Å²) in [7, 11) is 4.05. The molecule has 0 bridgehead atoms. The van der Waals surface area contributed by atoms with Crippen LogP contribution in [0.5, 0.6) is 0 Å². The highest BCUT2D eigenvalue weighted by Crippen LogP contribution is 2.26. The highest BCUT2D eigenvalue weighted by molar-refractivity contribution is 5.84. The van der Waals surface area contributed by atoms with E-state index in [2.05, 4.69) is 16.0 Å². The molecule has 0 unspecified atom stereocenters. The van der Waals surface area contributed by atoms with Crippen LogP contribution in [-0.4, -0.2) is 19.8 Å². The molecule has 70 valence electrons. The minimum absolute atomic E-state index is 1.03. The van der Waals surface area contributed by atoms with E-state index in [1.165, 1.54) is 0 Å². The number of anilines is 1. The zero-order valence-electron chi connectivity index (χ0n) is 8.70. The van der Waals surface area contributed by atoms with Crippen molar-refractivity contribution in [3.8, 4) is 0 Å². The molecule has 0 N–H and O–H groups in total. The van der Waals surface area contributed by atoms with Gasteiger partial charge in [0.2, 0.25) is 0 Å². The molecule has 0 heterocycles. The van der Waals surface area contributed by atoms with Gasteiger partial charge in [-0.2, -0.15) is 0 Å². The average molecular weight is 176 g/mol. The first-order valence-corrected chi connectivity index (χ1v) is 4.39. The fraction of sp³-hybridized carbons (Fsp3) is 0.364. The molecule has 13 heavy (non-hydrogen) atoms. The fourth-order valence-corrected chi connectivity index (χ4v) is 1.18. The van der Waals surface area contributed by atoms with Gasteiger partial charge in [0.25, 0.3) is 0 Å². The third-order valence-electron chi connectivity index (χ3n) is 1.71. The lowest BCUT2D eigenvalue weighted by molar-refractivity contribution is 1.13. The van der Waals surface area contributed by atoms with Gasteiger partial charge in [-0.05, 0) is 26.0 Å². The van der Waals surface area contributed by atoms with Gasteiger partial charge in [0, 0.05) is 19.8 Å². The molecular weight excluding hydrogens is 160 g/mol. The van der Waals surface area contributed by atoms with Gasteiger partial charge in [-0.15, -0.1) is 0 Å². The Balaban J connectivity index is 3.12. The second-order valence-electron chi connectivity index (χ2n) is 3.44. The van der Waals surface area contributed by atoms with Gasteiger partial charge in [-0.3, -0.25) is 4.99 Å². The SMILES string of the molecule is CC(C)=Nc1ccccc1N(C)C. The van der Waals surface area contributed by atoms with E-state index in [-0.39, 0.29) is 0 Å². The van der Waals surface area contributed by atoms with Gasteiger partial charge in [0.1, 0.15) is 0 Å². The van der Waals surface area contributed by atoms with E-state index in [0.717, 1.165) is 17.1 Å². The van der Waals surface area contributed by atoms with E-state index in [1.54, 1.807) is 0 Å². The van der Waals surface area contributed by atoms with Gasteiger partial charge in [0.05, 0.1) is 11.4 Å². The quantitative estimate of drug-likeness (QED) is 0.633. The molecule has 0 radical (unpaired) electrons. The smallest absolute Gasteiger partial charge is 0.0861 e. The Morgan fingerprint density at radius 3 is 2.31 bits per heavy atom. The lowest BCUT2D eigenvalue weighted by atomic mass is 10.2. The van der Waals surface area contributed by atoms with Crippen molar-refractivity contribution in [1.29, 1.82) is 0 Å². The predicted molar refractivity (Wildman–Crippen MR) is 59.2 cm³/mol. The molecule has 0 saturated carbocycles. The van der Waals surface area contributed by atoms with E-state index < -0.39 is 0 Å². The molecule has 0 aromatic heterocycles. The van der Waals surface area contributed by atoms with Crippen molar-refractivity contribution < 1.29 is 0 Å². The summed E-state index contributed by atoms with van der Waals surface area (Å²) in [4.78, 5) is 6.53. The first-order valence-electron chi connectivity index (χ1n) is 4.39. The summed E-state index contributed by atoms with van der Waals surface area (Å²) in [5.74, 6) is 0. The number of hydrogen-bond donors (Lipinski definition) is 0. The summed E-state index contributed by atoms with van der Waals surface area (Å²) < 4.78 is 0. The second-order valence-corrected chi connectivity index (χ2v) is 3.44. The van der Waals surface area contributed by atoms with Crippen molar-refractivity contribution in [2.45, 2.75) is 13.8 Å². The summed E-state index contributed by atoms with van der Waals surface area (Å²) in [5.41, 5.74) is 3.27. The Morgan fingerprint density at radius 2 is 1.77 bits per heavy atom. The van der Waals surface area contributed by atoms with E-state index in [0.29, 0.717) is 0 Å². The number of nitrogens with zero attached hydrogens (tertiary/aromatic N) is 2. The van der Waals surface area contributed by atoms with Gasteiger partial charge < -0.3 is 4.90 Å². The summed E-state index contributed by atoms with van der Waals surface area (Å²) >= 11 is 0. The number of rotatable bonds is 2. The standard InChI is InChI=1S/C11H16N2/c1-9(2)12-10-7-5-6-8-11(10)13(3)4/h5-8H,1-4H3. The zero-order valence-corrected chi connectivity index (χ0v) is 8.70. The maximum Gasteiger partial charge on any atom is 0.0861 e. The summed E-state index contributed by atoms with van der Waals surface area (Å²) in [6.45, 7) is 4.01. The van der Waals surface area contributed by atoms with Crippen molar-refractivity contribution >= 4 is 17.1 Å². The lowest BCUT2D eigenvalue weighted by Gasteiger charge is -2.14. The first-order chi connectivity index (χ1) is 6.11. The number of hydrogen-bond acceptors (Lipinski definition) is 2. The zero-order chi connectivity index (χ0) is 9.84. The van der Waals surface area contributed by atoms with Gasteiger partial charge >= 0.3 is 0 Å². The molecule has 0 fully saturated rings. The molecule has 2 heteroatoms. The van der Waals surface area contributed by atoms with Crippen LogP contribution in [-0.2, 0) is 0 Å². The molecule has 0 aliphatic rings. The molecule has 0 aliphatic heterocycles. The van der Waals surface area contributed by atoms with E-state index in [1.807, 2.05) is 46.1 Å². The van der Waals surface area contributed by atoms with Gasteiger partial charge in [0.15, 0.2) is 0 Å². The minimum atomic E-state index is 1.03. The number of aliphatic imine (C=N–C) groups is 1. The lowest BCUT2D eigenvalue weighted by Crippen LogP contribution is -2.08. The van der Waals surface area contributed by atoms with Gasteiger partial charge in [-0.1, -0.05) is 12.1 Å². The number of benzene rings is 1. The van der Waals surface area contributed by atoms with Crippen LogP contribution >= 0.6 is 0 Å². The molecular formula is C11H16N2.